The Morgan fingerprint density at radius 3 is 2.28 bits per heavy atom. The van der Waals surface area contributed by atoms with Crippen molar-refractivity contribution in [2.75, 3.05) is 45.8 Å². The van der Waals surface area contributed by atoms with Crippen LogP contribution >= 0.6 is 0 Å². The van der Waals surface area contributed by atoms with Crippen LogP contribution in [0.1, 0.15) is 40.0 Å². The predicted molar refractivity (Wildman–Crippen MR) is 95.4 cm³/mol. The Balaban J connectivity index is 1.72. The zero-order valence-electron chi connectivity index (χ0n) is 15.8. The first-order chi connectivity index (χ1) is 11.8. The summed E-state index contributed by atoms with van der Waals surface area (Å²) >= 11 is 0. The van der Waals surface area contributed by atoms with Crippen molar-refractivity contribution in [2.45, 2.75) is 57.7 Å². The molecule has 25 heavy (non-hydrogen) atoms. The largest absolute Gasteiger partial charge is 0.444 e. The van der Waals surface area contributed by atoms with Gasteiger partial charge in [0.1, 0.15) is 11.6 Å². The van der Waals surface area contributed by atoms with Crippen molar-refractivity contribution in [2.24, 2.45) is 0 Å². The fraction of sp³-hybridized carbons (Fsp3) is 0.889. The first kappa shape index (κ1) is 18.5. The first-order valence-electron chi connectivity index (χ1n) is 9.58. The molecule has 1 N–H and O–H groups in total. The van der Waals surface area contributed by atoms with Gasteiger partial charge in [0.25, 0.3) is 0 Å². The average molecular weight is 352 g/mol. The predicted octanol–water partition coefficient (Wildman–Crippen LogP) is 0.892. The quantitative estimate of drug-likeness (QED) is 0.800. The van der Waals surface area contributed by atoms with E-state index in [0.29, 0.717) is 32.2 Å². The van der Waals surface area contributed by atoms with Gasteiger partial charge in [0.2, 0.25) is 5.91 Å². The Morgan fingerprint density at radius 2 is 1.72 bits per heavy atom. The number of amides is 2. The fourth-order valence-electron chi connectivity index (χ4n) is 3.73. The average Bonchev–Trinajstić information content (AvgIpc) is 2.51. The van der Waals surface area contributed by atoms with Crippen LogP contribution in [0, 0.1) is 0 Å². The molecule has 0 radical (unpaired) electrons. The Hall–Kier alpha value is -1.34. The minimum absolute atomic E-state index is 0.0661. The molecule has 0 aromatic heterocycles. The molecule has 0 aromatic rings. The van der Waals surface area contributed by atoms with Crippen molar-refractivity contribution in [3.8, 4) is 0 Å². The molecule has 3 rings (SSSR count). The van der Waals surface area contributed by atoms with Crippen LogP contribution in [0.15, 0.2) is 0 Å². The van der Waals surface area contributed by atoms with E-state index < -0.39 is 11.6 Å². The molecule has 0 bridgehead atoms. The van der Waals surface area contributed by atoms with Crippen LogP contribution in [0.5, 0.6) is 0 Å². The van der Waals surface area contributed by atoms with Crippen molar-refractivity contribution in [1.29, 1.82) is 0 Å². The highest BCUT2D eigenvalue weighted by Crippen LogP contribution is 2.28. The topological polar surface area (TPSA) is 65.1 Å². The number of rotatable bonds is 2. The minimum Gasteiger partial charge on any atom is -0.444 e. The maximum absolute atomic E-state index is 13.1. The second-order valence-electron chi connectivity index (χ2n) is 8.34. The number of carbonyl (C=O) groups is 2. The Kier molecular flexibility index (Phi) is 5.53. The van der Waals surface area contributed by atoms with Gasteiger partial charge in [-0.15, -0.1) is 0 Å². The second-order valence-corrected chi connectivity index (χ2v) is 8.34. The Labute approximate surface area is 150 Å². The molecule has 7 nitrogen and oxygen atoms in total. The first-order valence-corrected chi connectivity index (χ1v) is 9.58. The van der Waals surface area contributed by atoms with Crippen LogP contribution in [0.2, 0.25) is 0 Å². The van der Waals surface area contributed by atoms with Crippen LogP contribution in [-0.2, 0) is 9.53 Å². The lowest BCUT2D eigenvalue weighted by atomic mass is 9.90. The van der Waals surface area contributed by atoms with E-state index in [1.807, 2.05) is 25.7 Å². The fourth-order valence-corrected chi connectivity index (χ4v) is 3.73. The van der Waals surface area contributed by atoms with Gasteiger partial charge in [0.05, 0.1) is 0 Å². The summed E-state index contributed by atoms with van der Waals surface area (Å²) < 4.78 is 5.57. The highest BCUT2D eigenvalue weighted by atomic mass is 16.6. The number of hydrogen-bond acceptors (Lipinski definition) is 5. The standard InChI is InChI=1S/C18H32N4O3/c1-18(2,3)25-17(24)22-12-11-21(14-5-4-6-14)13-15(22)16(23)20-9-7-19-8-10-20/h14-15,19H,4-13H2,1-3H3/t15-/m1/s1. The molecule has 142 valence electrons. The van der Waals surface area contributed by atoms with E-state index >= 15 is 0 Å². The lowest BCUT2D eigenvalue weighted by Crippen LogP contribution is -2.64. The number of nitrogens with zero attached hydrogens (tertiary/aromatic N) is 3. The molecule has 2 aliphatic heterocycles. The van der Waals surface area contributed by atoms with E-state index in [-0.39, 0.29) is 12.0 Å². The highest BCUT2D eigenvalue weighted by molar-refractivity contribution is 5.86. The zero-order chi connectivity index (χ0) is 18.0. The molecule has 7 heteroatoms. The molecule has 2 saturated heterocycles. The molecular formula is C18H32N4O3. The molecule has 2 amide bonds. The summed E-state index contributed by atoms with van der Waals surface area (Å²) in [5, 5.41) is 3.27. The lowest BCUT2D eigenvalue weighted by molar-refractivity contribution is -0.140. The molecule has 1 saturated carbocycles. The Bertz CT molecular complexity index is 495. The van der Waals surface area contributed by atoms with E-state index in [1.54, 1.807) is 4.90 Å². The van der Waals surface area contributed by atoms with Gasteiger partial charge in [0, 0.05) is 51.9 Å². The SMILES string of the molecule is CC(C)(C)OC(=O)N1CCN(C2CCC2)C[C@@H]1C(=O)N1CCNCC1. The molecule has 1 atom stereocenters. The van der Waals surface area contributed by atoms with Crippen LogP contribution in [0.4, 0.5) is 4.79 Å². The highest BCUT2D eigenvalue weighted by Gasteiger charge is 2.41. The summed E-state index contributed by atoms with van der Waals surface area (Å²) in [4.78, 5) is 31.8. The number of hydrogen-bond donors (Lipinski definition) is 1. The van der Waals surface area contributed by atoms with E-state index in [0.717, 1.165) is 19.6 Å². The van der Waals surface area contributed by atoms with Crippen LogP contribution < -0.4 is 5.32 Å². The normalized spacial score (nSPS) is 26.3. The maximum Gasteiger partial charge on any atom is 0.411 e. The molecule has 0 spiro atoms. The van der Waals surface area contributed by atoms with Gasteiger partial charge in [-0.2, -0.15) is 0 Å². The van der Waals surface area contributed by atoms with E-state index in [1.165, 1.54) is 19.3 Å². The summed E-state index contributed by atoms with van der Waals surface area (Å²) in [5.74, 6) is 0.0661. The maximum atomic E-state index is 13.1. The van der Waals surface area contributed by atoms with E-state index in [9.17, 15) is 9.59 Å². The zero-order valence-corrected chi connectivity index (χ0v) is 15.8. The van der Waals surface area contributed by atoms with Crippen molar-refractivity contribution < 1.29 is 14.3 Å². The van der Waals surface area contributed by atoms with Crippen LogP contribution in [-0.4, -0.2) is 90.2 Å². The monoisotopic (exact) mass is 352 g/mol. The van der Waals surface area contributed by atoms with Crippen molar-refractivity contribution in [3.63, 3.8) is 0 Å². The summed E-state index contributed by atoms with van der Waals surface area (Å²) in [7, 11) is 0. The molecular weight excluding hydrogens is 320 g/mol. The van der Waals surface area contributed by atoms with Gasteiger partial charge < -0.3 is 15.0 Å². The number of nitrogens with one attached hydrogen (secondary N) is 1. The van der Waals surface area contributed by atoms with E-state index in [2.05, 4.69) is 10.2 Å². The third kappa shape index (κ3) is 4.44. The summed E-state index contributed by atoms with van der Waals surface area (Å²) in [6.45, 7) is 10.7. The van der Waals surface area contributed by atoms with Gasteiger partial charge in [-0.3, -0.25) is 14.6 Å². The lowest BCUT2D eigenvalue weighted by Gasteiger charge is -2.47. The van der Waals surface area contributed by atoms with Gasteiger partial charge in [-0.1, -0.05) is 6.42 Å². The molecule has 0 unspecified atom stereocenters. The van der Waals surface area contributed by atoms with Gasteiger partial charge in [-0.05, 0) is 33.6 Å². The molecule has 0 aromatic carbocycles. The summed E-state index contributed by atoms with van der Waals surface area (Å²) in [6.07, 6.45) is 3.32. The molecule has 1 aliphatic carbocycles. The van der Waals surface area contributed by atoms with Crippen molar-refractivity contribution in [3.05, 3.63) is 0 Å². The molecule has 3 fully saturated rings. The Morgan fingerprint density at radius 1 is 1.04 bits per heavy atom. The number of carbonyl (C=O) groups excluding carboxylic acids is 2. The van der Waals surface area contributed by atoms with E-state index in [4.69, 9.17) is 4.74 Å². The third-order valence-electron chi connectivity index (χ3n) is 5.34. The van der Waals surface area contributed by atoms with Gasteiger partial charge in [-0.25, -0.2) is 4.79 Å². The minimum atomic E-state index is -0.551. The van der Waals surface area contributed by atoms with Crippen molar-refractivity contribution >= 4 is 12.0 Å². The van der Waals surface area contributed by atoms with Gasteiger partial charge in [0.15, 0.2) is 0 Å². The smallest absolute Gasteiger partial charge is 0.411 e. The van der Waals surface area contributed by atoms with Gasteiger partial charge >= 0.3 is 6.09 Å². The van der Waals surface area contributed by atoms with Crippen molar-refractivity contribution in [1.82, 2.24) is 20.0 Å². The number of piperazine rings is 2. The van der Waals surface area contributed by atoms with Crippen LogP contribution in [0.3, 0.4) is 0 Å². The summed E-state index contributed by atoms with van der Waals surface area (Å²) in [5.41, 5.74) is -0.551. The number of ether oxygens (including phenoxy) is 1. The molecule has 3 aliphatic rings. The molecule has 2 heterocycles. The summed E-state index contributed by atoms with van der Waals surface area (Å²) in [6, 6.07) is 0.154. The third-order valence-corrected chi connectivity index (χ3v) is 5.34. The van der Waals surface area contributed by atoms with Crippen LogP contribution in [0.25, 0.3) is 0 Å². The second kappa shape index (κ2) is 7.50.